The molecule has 1 amide bonds. The molecule has 1 saturated carbocycles. The highest BCUT2D eigenvalue weighted by Crippen LogP contribution is 2.28. The Morgan fingerprint density at radius 1 is 1.26 bits per heavy atom. The quantitative estimate of drug-likeness (QED) is 0.774. The predicted octanol–water partition coefficient (Wildman–Crippen LogP) is 1.14. The highest BCUT2D eigenvalue weighted by Gasteiger charge is 2.29. The second kappa shape index (κ2) is 5.90. The van der Waals surface area contributed by atoms with Crippen molar-refractivity contribution in [2.24, 2.45) is 5.92 Å². The van der Waals surface area contributed by atoms with E-state index in [4.69, 9.17) is 11.6 Å². The molecule has 0 aliphatic heterocycles. The number of carbonyl (C=O) groups excluding carboxylic acids is 1. The van der Waals surface area contributed by atoms with E-state index in [-0.39, 0.29) is 34.8 Å². The minimum atomic E-state index is -3.63. The van der Waals surface area contributed by atoms with Gasteiger partial charge in [-0.05, 0) is 25.0 Å². The van der Waals surface area contributed by atoms with Gasteiger partial charge < -0.3 is 5.32 Å². The van der Waals surface area contributed by atoms with Gasteiger partial charge in [0.2, 0.25) is 15.9 Å². The normalized spacial score (nSPS) is 15.2. The molecule has 2 N–H and O–H groups in total. The van der Waals surface area contributed by atoms with Crippen molar-refractivity contribution in [1.29, 1.82) is 0 Å². The number of nitrogens with one attached hydrogen (secondary N) is 2. The lowest BCUT2D eigenvalue weighted by Crippen LogP contribution is -2.35. The molecule has 0 spiro atoms. The van der Waals surface area contributed by atoms with Gasteiger partial charge in [-0.2, -0.15) is 0 Å². The fourth-order valence-electron chi connectivity index (χ4n) is 1.60. The molecular weight excluding hydrogens is 288 g/mol. The summed E-state index contributed by atoms with van der Waals surface area (Å²) in [5, 5.41) is 2.86. The number of carbonyl (C=O) groups is 1. The molecular formula is C12H15ClN2O3S. The molecule has 1 fully saturated rings. The summed E-state index contributed by atoms with van der Waals surface area (Å²) in [6.07, 6.45) is 1.86. The zero-order valence-electron chi connectivity index (χ0n) is 10.2. The molecule has 0 unspecified atom stereocenters. The molecule has 2 rings (SSSR count). The standard InChI is InChI=1S/C12H15ClN2O3S/c13-10-3-1-2-4-11(10)19(17,18)15-8-7-14-12(16)9-5-6-9/h1-4,9,15H,5-8H2,(H,14,16). The first-order valence-electron chi connectivity index (χ1n) is 6.02. The number of halogens is 1. The molecule has 0 radical (unpaired) electrons. The van der Waals surface area contributed by atoms with Crippen LogP contribution in [0.4, 0.5) is 0 Å². The third-order valence-electron chi connectivity index (χ3n) is 2.79. The number of hydrogen-bond donors (Lipinski definition) is 2. The van der Waals surface area contributed by atoms with E-state index in [2.05, 4.69) is 10.0 Å². The van der Waals surface area contributed by atoms with Gasteiger partial charge in [0.05, 0.1) is 5.02 Å². The van der Waals surface area contributed by atoms with E-state index in [1.165, 1.54) is 12.1 Å². The number of benzene rings is 1. The van der Waals surface area contributed by atoms with Crippen LogP contribution in [0.5, 0.6) is 0 Å². The molecule has 0 aromatic heterocycles. The molecule has 19 heavy (non-hydrogen) atoms. The van der Waals surface area contributed by atoms with Crippen LogP contribution >= 0.6 is 11.6 Å². The van der Waals surface area contributed by atoms with Crippen LogP contribution in [-0.4, -0.2) is 27.4 Å². The Kier molecular flexibility index (Phi) is 4.44. The third kappa shape index (κ3) is 3.92. The lowest BCUT2D eigenvalue weighted by Gasteiger charge is -2.08. The molecule has 0 bridgehead atoms. The SMILES string of the molecule is O=C(NCCNS(=O)(=O)c1ccccc1Cl)C1CC1. The minimum absolute atomic E-state index is 0.00283. The number of rotatable bonds is 6. The Morgan fingerprint density at radius 3 is 2.58 bits per heavy atom. The molecule has 1 aliphatic carbocycles. The molecule has 5 nitrogen and oxygen atoms in total. The largest absolute Gasteiger partial charge is 0.355 e. The topological polar surface area (TPSA) is 75.3 Å². The Bertz CT molecular complexity index is 570. The number of sulfonamides is 1. The second-order valence-corrected chi connectivity index (χ2v) is 6.54. The fraction of sp³-hybridized carbons (Fsp3) is 0.417. The van der Waals surface area contributed by atoms with E-state index >= 15 is 0 Å². The highest BCUT2D eigenvalue weighted by atomic mass is 35.5. The fourth-order valence-corrected chi connectivity index (χ4v) is 3.15. The van der Waals surface area contributed by atoms with Crippen LogP contribution in [0, 0.1) is 5.92 Å². The van der Waals surface area contributed by atoms with Crippen molar-refractivity contribution < 1.29 is 13.2 Å². The van der Waals surface area contributed by atoms with Gasteiger partial charge in [0.1, 0.15) is 4.90 Å². The van der Waals surface area contributed by atoms with Crippen molar-refractivity contribution in [3.8, 4) is 0 Å². The van der Waals surface area contributed by atoms with Crippen LogP contribution in [0.1, 0.15) is 12.8 Å². The van der Waals surface area contributed by atoms with Crippen LogP contribution < -0.4 is 10.0 Å². The summed E-state index contributed by atoms with van der Waals surface area (Å²) in [6.45, 7) is 0.422. The smallest absolute Gasteiger partial charge is 0.242 e. The molecule has 1 aromatic rings. The molecule has 0 atom stereocenters. The van der Waals surface area contributed by atoms with Crippen molar-refractivity contribution in [3.05, 3.63) is 29.3 Å². The first-order chi connectivity index (χ1) is 9.00. The Hall–Kier alpha value is -1.11. The maximum absolute atomic E-state index is 11.9. The molecule has 1 aliphatic rings. The average molecular weight is 303 g/mol. The summed E-state index contributed by atoms with van der Waals surface area (Å²) < 4.78 is 26.3. The van der Waals surface area contributed by atoms with Crippen LogP contribution in [0.2, 0.25) is 5.02 Å². The first-order valence-corrected chi connectivity index (χ1v) is 7.89. The van der Waals surface area contributed by atoms with Gasteiger partial charge in [-0.3, -0.25) is 4.79 Å². The highest BCUT2D eigenvalue weighted by molar-refractivity contribution is 7.89. The van der Waals surface area contributed by atoms with E-state index in [1.807, 2.05) is 0 Å². The van der Waals surface area contributed by atoms with Crippen LogP contribution in [0.25, 0.3) is 0 Å². The van der Waals surface area contributed by atoms with Crippen molar-refractivity contribution in [3.63, 3.8) is 0 Å². The maximum Gasteiger partial charge on any atom is 0.242 e. The lowest BCUT2D eigenvalue weighted by atomic mass is 10.4. The zero-order chi connectivity index (χ0) is 13.9. The van der Waals surface area contributed by atoms with Gasteiger partial charge in [0.25, 0.3) is 0 Å². The summed E-state index contributed by atoms with van der Waals surface area (Å²) in [5.74, 6) is 0.122. The number of amides is 1. The van der Waals surface area contributed by atoms with Gasteiger partial charge in [0.15, 0.2) is 0 Å². The van der Waals surface area contributed by atoms with E-state index in [0.717, 1.165) is 12.8 Å². The summed E-state index contributed by atoms with van der Waals surface area (Å²) in [4.78, 5) is 11.4. The zero-order valence-corrected chi connectivity index (χ0v) is 11.8. The molecule has 0 heterocycles. The number of hydrogen-bond acceptors (Lipinski definition) is 3. The monoisotopic (exact) mass is 302 g/mol. The predicted molar refractivity (Wildman–Crippen MR) is 72.4 cm³/mol. The van der Waals surface area contributed by atoms with Crippen molar-refractivity contribution in [2.75, 3.05) is 13.1 Å². The van der Waals surface area contributed by atoms with Crippen molar-refractivity contribution >= 4 is 27.5 Å². The van der Waals surface area contributed by atoms with Crippen molar-refractivity contribution in [1.82, 2.24) is 10.0 Å². The maximum atomic E-state index is 11.9. The van der Waals surface area contributed by atoms with Crippen LogP contribution in [0.3, 0.4) is 0 Å². The second-order valence-electron chi connectivity index (χ2n) is 4.39. The Balaban J connectivity index is 1.84. The summed E-state index contributed by atoms with van der Waals surface area (Å²) in [5.41, 5.74) is 0. The van der Waals surface area contributed by atoms with Gasteiger partial charge in [-0.1, -0.05) is 23.7 Å². The summed E-state index contributed by atoms with van der Waals surface area (Å²) >= 11 is 5.83. The van der Waals surface area contributed by atoms with Gasteiger partial charge >= 0.3 is 0 Å². The molecule has 0 saturated heterocycles. The average Bonchev–Trinajstić information content (AvgIpc) is 3.19. The first kappa shape index (κ1) is 14.3. The molecule has 1 aromatic carbocycles. The van der Waals surface area contributed by atoms with Crippen LogP contribution in [0.15, 0.2) is 29.2 Å². The van der Waals surface area contributed by atoms with Crippen molar-refractivity contribution in [2.45, 2.75) is 17.7 Å². The Labute approximate surface area is 117 Å². The van der Waals surface area contributed by atoms with E-state index in [9.17, 15) is 13.2 Å². The van der Waals surface area contributed by atoms with Crippen LogP contribution in [-0.2, 0) is 14.8 Å². The van der Waals surface area contributed by atoms with E-state index < -0.39 is 10.0 Å². The minimum Gasteiger partial charge on any atom is -0.355 e. The Morgan fingerprint density at radius 2 is 1.95 bits per heavy atom. The lowest BCUT2D eigenvalue weighted by molar-refractivity contribution is -0.122. The summed E-state index contributed by atoms with van der Waals surface area (Å²) in [7, 11) is -3.63. The molecule has 7 heteroatoms. The van der Waals surface area contributed by atoms with E-state index in [0.29, 0.717) is 0 Å². The van der Waals surface area contributed by atoms with Gasteiger partial charge in [-0.15, -0.1) is 0 Å². The molecule has 104 valence electrons. The third-order valence-corrected chi connectivity index (χ3v) is 4.75. The summed E-state index contributed by atoms with van der Waals surface area (Å²) in [6, 6.07) is 6.23. The van der Waals surface area contributed by atoms with E-state index in [1.54, 1.807) is 12.1 Å². The van der Waals surface area contributed by atoms with Gasteiger partial charge in [-0.25, -0.2) is 13.1 Å². The van der Waals surface area contributed by atoms with Gasteiger partial charge in [0, 0.05) is 19.0 Å².